The Morgan fingerprint density at radius 3 is 2.68 bits per heavy atom. The molecule has 148 valence electrons. The molecule has 0 unspecified atom stereocenters. The van der Waals surface area contributed by atoms with Crippen LogP contribution in [0.3, 0.4) is 0 Å². The van der Waals surface area contributed by atoms with Gasteiger partial charge in [-0.05, 0) is 49.2 Å². The maximum absolute atomic E-state index is 11.8. The molecule has 0 bridgehead atoms. The molecule has 0 saturated carbocycles. The van der Waals surface area contributed by atoms with Gasteiger partial charge < -0.3 is 14.6 Å². The highest BCUT2D eigenvalue weighted by Crippen LogP contribution is 2.19. The highest BCUT2D eigenvalue weighted by atomic mass is 16.5. The van der Waals surface area contributed by atoms with E-state index in [0.29, 0.717) is 26.1 Å². The Labute approximate surface area is 166 Å². The van der Waals surface area contributed by atoms with Gasteiger partial charge >= 0.3 is 0 Å². The van der Waals surface area contributed by atoms with Crippen LogP contribution in [-0.4, -0.2) is 28.6 Å². The van der Waals surface area contributed by atoms with Crippen molar-refractivity contribution in [1.82, 2.24) is 14.9 Å². The Morgan fingerprint density at radius 1 is 1.14 bits per heavy atom. The lowest BCUT2D eigenvalue weighted by Crippen LogP contribution is -2.30. The Balaban J connectivity index is 1.69. The van der Waals surface area contributed by atoms with Gasteiger partial charge in [-0.15, -0.1) is 0 Å². The van der Waals surface area contributed by atoms with Gasteiger partial charge in [0.15, 0.2) is 0 Å². The van der Waals surface area contributed by atoms with Gasteiger partial charge in [0.25, 0.3) is 0 Å². The number of hydrogen-bond acceptors (Lipinski definition) is 3. The van der Waals surface area contributed by atoms with Crippen LogP contribution < -0.4 is 10.1 Å². The number of aromatic nitrogens is 2. The smallest absolute Gasteiger partial charge is 0.222 e. The Kier molecular flexibility index (Phi) is 6.34. The summed E-state index contributed by atoms with van der Waals surface area (Å²) in [6.07, 6.45) is 0.691. The average Bonchev–Trinajstić information content (AvgIpc) is 3.02. The van der Waals surface area contributed by atoms with Crippen LogP contribution in [0.1, 0.15) is 30.8 Å². The van der Waals surface area contributed by atoms with Gasteiger partial charge in [0.2, 0.25) is 5.91 Å². The first-order valence-electron chi connectivity index (χ1n) is 9.87. The molecule has 0 aliphatic carbocycles. The number of ether oxygens (including phenoxy) is 1. The SMILES string of the molecule is Cc1ccc(OCCn2c(CCNC(=O)C(C)C)nc3ccccc32)cc1C. The summed E-state index contributed by atoms with van der Waals surface area (Å²) in [7, 11) is 0. The molecule has 0 aliphatic rings. The Hall–Kier alpha value is -2.82. The van der Waals surface area contributed by atoms with Gasteiger partial charge in [-0.25, -0.2) is 4.98 Å². The third-order valence-corrected chi connectivity index (χ3v) is 4.97. The second-order valence-electron chi connectivity index (χ2n) is 7.46. The molecular formula is C23H29N3O2. The molecule has 1 aromatic heterocycles. The summed E-state index contributed by atoms with van der Waals surface area (Å²) < 4.78 is 8.17. The molecule has 0 fully saturated rings. The van der Waals surface area contributed by atoms with E-state index in [1.165, 1.54) is 11.1 Å². The fraction of sp³-hybridized carbons (Fsp3) is 0.391. The largest absolute Gasteiger partial charge is 0.492 e. The highest BCUT2D eigenvalue weighted by Gasteiger charge is 2.12. The molecule has 0 radical (unpaired) electrons. The number of nitrogens with zero attached hydrogens (tertiary/aromatic N) is 2. The maximum Gasteiger partial charge on any atom is 0.222 e. The first kappa shape index (κ1) is 19.9. The van der Waals surface area contributed by atoms with Crippen molar-refractivity contribution in [3.63, 3.8) is 0 Å². The third-order valence-electron chi connectivity index (χ3n) is 4.97. The van der Waals surface area contributed by atoms with Gasteiger partial charge in [-0.2, -0.15) is 0 Å². The predicted octanol–water partition coefficient (Wildman–Crippen LogP) is 4.05. The summed E-state index contributed by atoms with van der Waals surface area (Å²) in [5.41, 5.74) is 4.56. The van der Waals surface area contributed by atoms with Gasteiger partial charge in [0, 0.05) is 18.9 Å². The molecule has 0 saturated heterocycles. The minimum atomic E-state index is -0.00909. The quantitative estimate of drug-likeness (QED) is 0.642. The zero-order chi connectivity index (χ0) is 20.1. The topological polar surface area (TPSA) is 56.1 Å². The highest BCUT2D eigenvalue weighted by molar-refractivity contribution is 5.78. The standard InChI is InChI=1S/C23H29N3O2/c1-16(2)23(27)24-12-11-22-25-20-7-5-6-8-21(20)26(22)13-14-28-19-10-9-17(3)18(4)15-19/h5-10,15-16H,11-14H2,1-4H3,(H,24,27). The Morgan fingerprint density at radius 2 is 1.93 bits per heavy atom. The van der Waals surface area contributed by atoms with Crippen molar-refractivity contribution >= 4 is 16.9 Å². The summed E-state index contributed by atoms with van der Waals surface area (Å²) in [6.45, 7) is 9.84. The summed E-state index contributed by atoms with van der Waals surface area (Å²) in [5, 5.41) is 2.97. The second-order valence-corrected chi connectivity index (χ2v) is 7.46. The molecule has 5 heteroatoms. The lowest BCUT2D eigenvalue weighted by Gasteiger charge is -2.12. The van der Waals surface area contributed by atoms with Crippen molar-refractivity contribution in [2.45, 2.75) is 40.7 Å². The fourth-order valence-corrected chi connectivity index (χ4v) is 3.13. The van der Waals surface area contributed by atoms with E-state index < -0.39 is 0 Å². The normalized spacial score (nSPS) is 11.2. The van der Waals surface area contributed by atoms with E-state index in [4.69, 9.17) is 9.72 Å². The number of amides is 1. The minimum Gasteiger partial charge on any atom is -0.492 e. The number of carbonyl (C=O) groups is 1. The second kappa shape index (κ2) is 8.91. The lowest BCUT2D eigenvalue weighted by atomic mass is 10.1. The molecule has 0 atom stereocenters. The van der Waals surface area contributed by atoms with E-state index in [1.54, 1.807) is 0 Å². The van der Waals surface area contributed by atoms with Crippen molar-refractivity contribution < 1.29 is 9.53 Å². The number of carbonyl (C=O) groups excluding carboxylic acids is 1. The van der Waals surface area contributed by atoms with Crippen LogP contribution in [-0.2, 0) is 17.8 Å². The van der Waals surface area contributed by atoms with Gasteiger partial charge in [0.05, 0.1) is 17.6 Å². The Bertz CT molecular complexity index is 960. The molecule has 3 rings (SSSR count). The molecule has 0 spiro atoms. The van der Waals surface area contributed by atoms with Crippen molar-refractivity contribution in [3.05, 3.63) is 59.4 Å². The lowest BCUT2D eigenvalue weighted by molar-refractivity contribution is -0.123. The summed E-state index contributed by atoms with van der Waals surface area (Å²) in [5.74, 6) is 1.91. The predicted molar refractivity (Wildman–Crippen MR) is 113 cm³/mol. The number of rotatable bonds is 8. The number of aryl methyl sites for hydroxylation is 2. The number of fused-ring (bicyclic) bond motifs is 1. The maximum atomic E-state index is 11.8. The van der Waals surface area contributed by atoms with Crippen molar-refractivity contribution in [1.29, 1.82) is 0 Å². The van der Waals surface area contributed by atoms with Gasteiger partial charge in [-0.1, -0.05) is 32.0 Å². The molecular weight excluding hydrogens is 350 g/mol. The van der Waals surface area contributed by atoms with Gasteiger partial charge in [0.1, 0.15) is 18.2 Å². The van der Waals surface area contributed by atoms with E-state index in [9.17, 15) is 4.79 Å². The first-order chi connectivity index (χ1) is 13.5. The van der Waals surface area contributed by atoms with Crippen LogP contribution in [0.25, 0.3) is 11.0 Å². The van der Waals surface area contributed by atoms with Crippen LogP contribution in [0.5, 0.6) is 5.75 Å². The van der Waals surface area contributed by atoms with Gasteiger partial charge in [-0.3, -0.25) is 4.79 Å². The third kappa shape index (κ3) is 4.71. The minimum absolute atomic E-state index is 0.00909. The zero-order valence-electron chi connectivity index (χ0n) is 17.2. The molecule has 0 aliphatic heterocycles. The van der Waals surface area contributed by atoms with E-state index >= 15 is 0 Å². The van der Waals surface area contributed by atoms with Crippen LogP contribution >= 0.6 is 0 Å². The van der Waals surface area contributed by atoms with Crippen LogP contribution in [0.4, 0.5) is 0 Å². The summed E-state index contributed by atoms with van der Waals surface area (Å²) in [4.78, 5) is 16.6. The number of imidazole rings is 1. The molecule has 1 N–H and O–H groups in total. The van der Waals surface area contributed by atoms with Crippen molar-refractivity contribution in [2.75, 3.05) is 13.2 Å². The molecule has 1 heterocycles. The van der Waals surface area contributed by atoms with E-state index in [1.807, 2.05) is 38.1 Å². The number of benzene rings is 2. The number of nitrogens with one attached hydrogen (secondary N) is 1. The van der Waals surface area contributed by atoms with E-state index in [-0.39, 0.29) is 11.8 Å². The molecule has 5 nitrogen and oxygen atoms in total. The van der Waals surface area contributed by atoms with Crippen molar-refractivity contribution in [2.24, 2.45) is 5.92 Å². The van der Waals surface area contributed by atoms with Crippen LogP contribution in [0.15, 0.2) is 42.5 Å². The van der Waals surface area contributed by atoms with E-state index in [0.717, 1.165) is 22.6 Å². The van der Waals surface area contributed by atoms with Crippen LogP contribution in [0, 0.1) is 19.8 Å². The first-order valence-corrected chi connectivity index (χ1v) is 9.87. The fourth-order valence-electron chi connectivity index (χ4n) is 3.13. The summed E-state index contributed by atoms with van der Waals surface area (Å²) in [6, 6.07) is 14.3. The number of hydrogen-bond donors (Lipinski definition) is 1. The molecule has 28 heavy (non-hydrogen) atoms. The molecule has 2 aromatic carbocycles. The number of para-hydroxylation sites is 2. The molecule has 1 amide bonds. The monoisotopic (exact) mass is 379 g/mol. The average molecular weight is 380 g/mol. The van der Waals surface area contributed by atoms with E-state index in [2.05, 4.69) is 41.9 Å². The summed E-state index contributed by atoms with van der Waals surface area (Å²) >= 11 is 0. The van der Waals surface area contributed by atoms with Crippen molar-refractivity contribution in [3.8, 4) is 5.75 Å². The zero-order valence-corrected chi connectivity index (χ0v) is 17.2. The van der Waals surface area contributed by atoms with Crippen LogP contribution in [0.2, 0.25) is 0 Å². The molecule has 3 aromatic rings.